The van der Waals surface area contributed by atoms with Gasteiger partial charge in [-0.15, -0.1) is 0 Å². The fourth-order valence-electron chi connectivity index (χ4n) is 5.63. The molecule has 0 saturated carbocycles. The molecule has 1 aromatic heterocycles. The van der Waals surface area contributed by atoms with E-state index in [1.807, 2.05) is 78.3 Å². The summed E-state index contributed by atoms with van der Waals surface area (Å²) in [6, 6.07) is 30.3. The molecule has 0 saturated heterocycles. The Morgan fingerprint density at radius 3 is 2.40 bits per heavy atom. The molecule has 1 atom stereocenters. The van der Waals surface area contributed by atoms with E-state index in [-0.39, 0.29) is 10.6 Å². The minimum atomic E-state index is -0.446. The number of nitrogens with one attached hydrogen (secondary N) is 1. The quantitative estimate of drug-likeness (QED) is 0.183. The number of para-hydroxylation sites is 3. The molecule has 5 aromatic rings. The molecule has 2 aliphatic heterocycles. The molecule has 0 unspecified atom stereocenters. The maximum atomic E-state index is 11.8. The number of benzene rings is 4. The van der Waals surface area contributed by atoms with Gasteiger partial charge in [-0.3, -0.25) is 10.1 Å². The van der Waals surface area contributed by atoms with Crippen LogP contribution in [-0.2, 0) is 0 Å². The molecule has 3 heterocycles. The van der Waals surface area contributed by atoms with Gasteiger partial charge >= 0.3 is 0 Å². The normalized spacial score (nSPS) is 15.2. The number of rotatable bonds is 4. The average molecular weight is 554 g/mol. The zero-order valence-corrected chi connectivity index (χ0v) is 23.3. The molecule has 4 aromatic carbocycles. The van der Waals surface area contributed by atoms with Gasteiger partial charge in [-0.05, 0) is 73.9 Å². The molecule has 0 spiro atoms. The first-order chi connectivity index (χ1) is 20.4. The Bertz CT molecular complexity index is 1940. The van der Waals surface area contributed by atoms with Gasteiger partial charge in [0.2, 0.25) is 0 Å². The Hall–Kier alpha value is -5.57. The minimum absolute atomic E-state index is 0.0265. The van der Waals surface area contributed by atoms with Crippen LogP contribution in [-0.4, -0.2) is 26.4 Å². The third-order valence-electron chi connectivity index (χ3n) is 7.81. The molecule has 1 N–H and O–H groups in total. The molecule has 206 valence electrons. The lowest BCUT2D eigenvalue weighted by Gasteiger charge is -2.40. The number of non-ortho nitro benzene ring substituents is 1. The van der Waals surface area contributed by atoms with Gasteiger partial charge in [0.1, 0.15) is 0 Å². The van der Waals surface area contributed by atoms with Gasteiger partial charge in [0.15, 0.2) is 17.5 Å². The highest BCUT2D eigenvalue weighted by molar-refractivity contribution is 6.51. The second-order valence-electron chi connectivity index (χ2n) is 10.5. The van der Waals surface area contributed by atoms with E-state index in [1.54, 1.807) is 12.1 Å². The van der Waals surface area contributed by atoms with Gasteiger partial charge in [0.05, 0.1) is 33.7 Å². The van der Waals surface area contributed by atoms with E-state index < -0.39 is 6.04 Å². The number of nitro groups is 1. The van der Waals surface area contributed by atoms with Crippen molar-refractivity contribution < 1.29 is 4.92 Å². The molecule has 0 aliphatic carbocycles. The van der Waals surface area contributed by atoms with Crippen molar-refractivity contribution in [3.05, 3.63) is 135 Å². The zero-order valence-electron chi connectivity index (χ0n) is 23.3. The Labute approximate surface area is 242 Å². The predicted octanol–water partition coefficient (Wildman–Crippen LogP) is 7.50. The van der Waals surface area contributed by atoms with Crippen LogP contribution in [0.2, 0.25) is 0 Å². The maximum Gasteiger partial charge on any atom is 0.269 e. The number of aliphatic imine (C=N–C) groups is 2. The molecule has 9 nitrogen and oxygen atoms in total. The highest BCUT2D eigenvalue weighted by Gasteiger charge is 2.41. The lowest BCUT2D eigenvalue weighted by atomic mass is 9.93. The zero-order chi connectivity index (χ0) is 29.0. The van der Waals surface area contributed by atoms with Crippen molar-refractivity contribution >= 4 is 40.2 Å². The van der Waals surface area contributed by atoms with Crippen LogP contribution < -0.4 is 10.2 Å². The number of nitro benzene ring substituents is 1. The molecule has 0 bridgehead atoms. The standard InChI is InChI=1S/C33H27N7O2/c1-20-16-17-24(18-21(20)2)34-31-33-36-32-29(22(3)37-39(32)25-11-5-4-6-12-25)30(23-10-9-13-26(19-23)40(41)42)38(33)28-15-8-7-14-27(28)35-31/h4-19,30H,1-3H3,(H,34,35)/t30-/m1/s1. The number of nitrogens with zero attached hydrogens (tertiary/aromatic N) is 6. The fraction of sp³-hybridized carbons (Fsp3) is 0.121. The fourth-order valence-corrected chi connectivity index (χ4v) is 5.63. The first-order valence-corrected chi connectivity index (χ1v) is 13.7. The molecular weight excluding hydrogens is 526 g/mol. The monoisotopic (exact) mass is 553 g/mol. The van der Waals surface area contributed by atoms with E-state index in [0.717, 1.165) is 45.1 Å². The first kappa shape index (κ1) is 25.4. The Balaban J connectivity index is 1.50. The Morgan fingerprint density at radius 2 is 1.62 bits per heavy atom. The van der Waals surface area contributed by atoms with Crippen LogP contribution in [0.3, 0.4) is 0 Å². The molecule has 0 fully saturated rings. The van der Waals surface area contributed by atoms with Crippen LogP contribution in [0.5, 0.6) is 0 Å². The molecule has 7 rings (SSSR count). The van der Waals surface area contributed by atoms with Crippen molar-refractivity contribution in [2.75, 3.05) is 10.2 Å². The summed E-state index contributed by atoms with van der Waals surface area (Å²) in [5.74, 6) is 1.85. The van der Waals surface area contributed by atoms with Crippen LogP contribution in [0.1, 0.15) is 34.0 Å². The third-order valence-corrected chi connectivity index (χ3v) is 7.81. The van der Waals surface area contributed by atoms with E-state index in [1.165, 1.54) is 11.6 Å². The van der Waals surface area contributed by atoms with Crippen molar-refractivity contribution in [3.8, 4) is 5.69 Å². The summed E-state index contributed by atoms with van der Waals surface area (Å²) in [4.78, 5) is 23.9. The predicted molar refractivity (Wildman–Crippen MR) is 166 cm³/mol. The van der Waals surface area contributed by atoms with Crippen molar-refractivity contribution in [1.82, 2.24) is 9.78 Å². The summed E-state index contributed by atoms with van der Waals surface area (Å²) in [5.41, 5.74) is 8.21. The minimum Gasteiger partial charge on any atom is -0.337 e. The number of fused-ring (bicyclic) bond motifs is 4. The van der Waals surface area contributed by atoms with Gasteiger partial charge < -0.3 is 10.2 Å². The molecule has 42 heavy (non-hydrogen) atoms. The number of aromatic nitrogens is 2. The van der Waals surface area contributed by atoms with Crippen LogP contribution in [0, 0.1) is 30.9 Å². The number of aryl methyl sites for hydroxylation is 3. The summed E-state index contributed by atoms with van der Waals surface area (Å²) < 4.78 is 1.84. The maximum absolute atomic E-state index is 11.8. The molecule has 0 amide bonds. The summed E-state index contributed by atoms with van der Waals surface area (Å²) in [5, 5.41) is 20.3. The SMILES string of the molecule is Cc1ccc(NC2=Nc3ccccc3N3C2=Nc2c(c(C)nn2-c2ccccc2)[C@H]3c2cccc([N+](=O)[O-])c2)cc1C. The van der Waals surface area contributed by atoms with Crippen LogP contribution in [0.25, 0.3) is 5.69 Å². The van der Waals surface area contributed by atoms with Gasteiger partial charge in [-0.25, -0.2) is 14.7 Å². The van der Waals surface area contributed by atoms with Gasteiger partial charge in [-0.2, -0.15) is 5.10 Å². The van der Waals surface area contributed by atoms with E-state index >= 15 is 0 Å². The molecule has 2 aliphatic rings. The largest absolute Gasteiger partial charge is 0.337 e. The van der Waals surface area contributed by atoms with E-state index in [9.17, 15) is 10.1 Å². The van der Waals surface area contributed by atoms with Gasteiger partial charge in [-0.1, -0.05) is 48.5 Å². The Morgan fingerprint density at radius 1 is 0.833 bits per heavy atom. The average Bonchev–Trinajstić information content (AvgIpc) is 3.34. The summed E-state index contributed by atoms with van der Waals surface area (Å²) in [7, 11) is 0. The Kier molecular flexibility index (Phi) is 5.93. The first-order valence-electron chi connectivity index (χ1n) is 13.7. The van der Waals surface area contributed by atoms with Crippen molar-refractivity contribution in [2.24, 2.45) is 9.98 Å². The van der Waals surface area contributed by atoms with E-state index in [4.69, 9.17) is 15.1 Å². The lowest BCUT2D eigenvalue weighted by Crippen LogP contribution is -2.46. The number of hydrogen-bond acceptors (Lipinski definition) is 7. The topological polar surface area (TPSA) is 101 Å². The third kappa shape index (κ3) is 4.14. The molecular formula is C33H27N7O2. The van der Waals surface area contributed by atoms with Crippen LogP contribution in [0.15, 0.2) is 107 Å². The second-order valence-corrected chi connectivity index (χ2v) is 10.5. The van der Waals surface area contributed by atoms with Crippen molar-refractivity contribution in [3.63, 3.8) is 0 Å². The van der Waals surface area contributed by atoms with E-state index in [0.29, 0.717) is 17.5 Å². The smallest absolute Gasteiger partial charge is 0.269 e. The summed E-state index contributed by atoms with van der Waals surface area (Å²) in [6.07, 6.45) is 0. The van der Waals surface area contributed by atoms with Gasteiger partial charge in [0.25, 0.3) is 5.69 Å². The molecule has 0 radical (unpaired) electrons. The summed E-state index contributed by atoms with van der Waals surface area (Å²) >= 11 is 0. The van der Waals surface area contributed by atoms with Crippen molar-refractivity contribution in [1.29, 1.82) is 0 Å². The number of hydrogen-bond donors (Lipinski definition) is 1. The van der Waals surface area contributed by atoms with Crippen molar-refractivity contribution in [2.45, 2.75) is 26.8 Å². The number of amidine groups is 2. The van der Waals surface area contributed by atoms with E-state index in [2.05, 4.69) is 36.2 Å². The van der Waals surface area contributed by atoms with Gasteiger partial charge in [0, 0.05) is 23.4 Å². The van der Waals surface area contributed by atoms with Crippen LogP contribution in [0.4, 0.5) is 28.6 Å². The molecule has 9 heteroatoms. The highest BCUT2D eigenvalue weighted by Crippen LogP contribution is 2.48. The second kappa shape index (κ2) is 9.81. The van der Waals surface area contributed by atoms with Crippen LogP contribution >= 0.6 is 0 Å². The lowest BCUT2D eigenvalue weighted by molar-refractivity contribution is -0.384. The summed E-state index contributed by atoms with van der Waals surface area (Å²) in [6.45, 7) is 6.12. The highest BCUT2D eigenvalue weighted by atomic mass is 16.6. The number of anilines is 2.